The summed E-state index contributed by atoms with van der Waals surface area (Å²) in [6.07, 6.45) is 3.36. The predicted molar refractivity (Wildman–Crippen MR) is 112 cm³/mol. The van der Waals surface area contributed by atoms with Gasteiger partial charge in [0.1, 0.15) is 11.9 Å². The lowest BCUT2D eigenvalue weighted by atomic mass is 9.88. The van der Waals surface area contributed by atoms with Gasteiger partial charge in [0, 0.05) is 31.5 Å². The lowest BCUT2D eigenvalue weighted by Crippen LogP contribution is -2.61. The second-order valence-electron chi connectivity index (χ2n) is 7.55. The number of benzene rings is 1. The van der Waals surface area contributed by atoms with Crippen LogP contribution in [-0.4, -0.2) is 58.5 Å². The molecule has 2 saturated heterocycles. The molecule has 1 aromatic carbocycles. The van der Waals surface area contributed by atoms with E-state index in [2.05, 4.69) is 10.00 Å². The van der Waals surface area contributed by atoms with Gasteiger partial charge < -0.3 is 20.3 Å². The predicted octanol–water partition coefficient (Wildman–Crippen LogP) is 2.17. The molecule has 8 heteroatoms. The zero-order valence-corrected chi connectivity index (χ0v) is 17.0. The normalized spacial score (nSPS) is 22.2. The summed E-state index contributed by atoms with van der Waals surface area (Å²) in [5.74, 6) is 0.605. The molecule has 7 nitrogen and oxygen atoms in total. The molecule has 1 spiro atoms. The lowest BCUT2D eigenvalue weighted by Gasteiger charge is -2.49. The van der Waals surface area contributed by atoms with Gasteiger partial charge in [0.15, 0.2) is 0 Å². The van der Waals surface area contributed by atoms with Crippen LogP contribution in [0.2, 0.25) is 0 Å². The van der Waals surface area contributed by atoms with Gasteiger partial charge in [-0.2, -0.15) is 5.10 Å². The van der Waals surface area contributed by atoms with Crippen molar-refractivity contribution in [3.8, 4) is 0 Å². The second-order valence-corrected chi connectivity index (χ2v) is 7.55. The largest absolute Gasteiger partial charge is 0.382 e. The minimum Gasteiger partial charge on any atom is -0.382 e. The van der Waals surface area contributed by atoms with E-state index in [0.29, 0.717) is 12.4 Å². The van der Waals surface area contributed by atoms with Crippen LogP contribution >= 0.6 is 12.4 Å². The number of hydrogen-bond acceptors (Lipinski definition) is 5. The number of carbonyl (C=O) groups excluding carboxylic acids is 1. The van der Waals surface area contributed by atoms with Crippen molar-refractivity contribution in [2.75, 3.05) is 36.8 Å². The first kappa shape index (κ1) is 20.6. The van der Waals surface area contributed by atoms with E-state index in [-0.39, 0.29) is 23.9 Å². The molecule has 2 aromatic rings. The van der Waals surface area contributed by atoms with E-state index in [1.807, 2.05) is 59.1 Å². The molecule has 0 bridgehead atoms. The number of ether oxygens (including phenoxy) is 1. The third-order valence-corrected chi connectivity index (χ3v) is 5.63. The molecule has 1 amide bonds. The van der Waals surface area contributed by atoms with E-state index in [1.54, 1.807) is 0 Å². The van der Waals surface area contributed by atoms with E-state index in [4.69, 9.17) is 10.5 Å². The highest BCUT2D eigenvalue weighted by Crippen LogP contribution is 2.34. The molecule has 0 radical (unpaired) electrons. The van der Waals surface area contributed by atoms with Crippen molar-refractivity contribution >= 4 is 29.8 Å². The molecule has 152 valence electrons. The summed E-state index contributed by atoms with van der Waals surface area (Å²) in [5, 5.41) is 4.24. The highest BCUT2D eigenvalue weighted by Gasteiger charge is 2.45. The van der Waals surface area contributed by atoms with Crippen molar-refractivity contribution < 1.29 is 9.53 Å². The first-order valence-electron chi connectivity index (χ1n) is 9.60. The maximum Gasteiger partial charge on any atom is 0.255 e. The first-order chi connectivity index (χ1) is 13.0. The van der Waals surface area contributed by atoms with Gasteiger partial charge in [0.2, 0.25) is 0 Å². The Morgan fingerprint density at radius 2 is 1.89 bits per heavy atom. The first-order valence-corrected chi connectivity index (χ1v) is 9.60. The minimum absolute atomic E-state index is 0. The fraction of sp³-hybridized carbons (Fsp3) is 0.500. The lowest BCUT2D eigenvalue weighted by molar-refractivity contribution is -0.161. The fourth-order valence-electron chi connectivity index (χ4n) is 4.08. The van der Waals surface area contributed by atoms with Gasteiger partial charge in [0.05, 0.1) is 18.7 Å². The molecule has 3 heterocycles. The number of nitrogens with zero attached hydrogens (tertiary/aromatic N) is 4. The van der Waals surface area contributed by atoms with Crippen molar-refractivity contribution in [3.05, 3.63) is 42.6 Å². The zero-order chi connectivity index (χ0) is 18.9. The quantitative estimate of drug-likeness (QED) is 0.843. The molecule has 1 aromatic heterocycles. The zero-order valence-electron chi connectivity index (χ0n) is 16.2. The molecule has 1 atom stereocenters. The van der Waals surface area contributed by atoms with Crippen LogP contribution in [-0.2, 0) is 16.1 Å². The number of anilines is 2. The number of amides is 1. The number of nitrogens with two attached hydrogens (primary N) is 1. The molecule has 28 heavy (non-hydrogen) atoms. The fourth-order valence-corrected chi connectivity index (χ4v) is 4.08. The van der Waals surface area contributed by atoms with E-state index in [1.165, 1.54) is 0 Å². The van der Waals surface area contributed by atoms with Crippen molar-refractivity contribution in [2.24, 2.45) is 0 Å². The van der Waals surface area contributed by atoms with Crippen molar-refractivity contribution in [1.82, 2.24) is 14.7 Å². The monoisotopic (exact) mass is 405 g/mol. The summed E-state index contributed by atoms with van der Waals surface area (Å²) < 4.78 is 8.12. The van der Waals surface area contributed by atoms with Crippen LogP contribution < -0.4 is 10.6 Å². The maximum atomic E-state index is 12.6. The van der Waals surface area contributed by atoms with Gasteiger partial charge in [-0.3, -0.25) is 9.48 Å². The van der Waals surface area contributed by atoms with Gasteiger partial charge in [-0.05, 0) is 38.0 Å². The Morgan fingerprint density at radius 1 is 1.18 bits per heavy atom. The number of halogens is 1. The number of aromatic nitrogens is 2. The average Bonchev–Trinajstić information content (AvgIpc) is 3.10. The number of morpholine rings is 1. The summed E-state index contributed by atoms with van der Waals surface area (Å²) in [6, 6.07) is 11.7. The van der Waals surface area contributed by atoms with Crippen LogP contribution in [0.4, 0.5) is 11.5 Å². The number of rotatable bonds is 4. The Hall–Kier alpha value is -2.09. The third-order valence-electron chi connectivity index (χ3n) is 5.63. The summed E-state index contributed by atoms with van der Waals surface area (Å²) in [6.45, 7) is 6.18. The molecule has 0 aliphatic carbocycles. The van der Waals surface area contributed by atoms with E-state index >= 15 is 0 Å². The van der Waals surface area contributed by atoms with Crippen LogP contribution in [0.3, 0.4) is 0 Å². The molecular formula is C20H28ClN5O2. The highest BCUT2D eigenvalue weighted by atomic mass is 35.5. The standard InChI is InChI=1S/C20H27N5O2.ClH/c1-16-19(26)25(17-5-3-2-4-6-17)15-20(27-16)8-11-23(12-9-20)13-14-24-10-7-18(21)22-24;/h2-7,10,16H,8-9,11-15H2,1H3,(H2,21,22);1H. The van der Waals surface area contributed by atoms with Crippen LogP contribution in [0.25, 0.3) is 0 Å². The minimum atomic E-state index is -0.405. The molecule has 4 rings (SSSR count). The Bertz CT molecular complexity index is 789. The number of likely N-dealkylation sites (tertiary alicyclic amines) is 1. The topological polar surface area (TPSA) is 76.6 Å². The summed E-state index contributed by atoms with van der Waals surface area (Å²) >= 11 is 0. The number of piperidine rings is 1. The number of para-hydroxylation sites is 1. The molecule has 2 N–H and O–H groups in total. The van der Waals surface area contributed by atoms with E-state index in [9.17, 15) is 4.79 Å². The van der Waals surface area contributed by atoms with E-state index in [0.717, 1.165) is 44.7 Å². The smallest absolute Gasteiger partial charge is 0.255 e. The number of carbonyl (C=O) groups is 1. The van der Waals surface area contributed by atoms with Gasteiger partial charge in [-0.25, -0.2) is 0 Å². The van der Waals surface area contributed by atoms with Gasteiger partial charge >= 0.3 is 0 Å². The van der Waals surface area contributed by atoms with Crippen molar-refractivity contribution in [1.29, 1.82) is 0 Å². The van der Waals surface area contributed by atoms with Crippen molar-refractivity contribution in [3.63, 3.8) is 0 Å². The van der Waals surface area contributed by atoms with Crippen LogP contribution in [0, 0.1) is 0 Å². The van der Waals surface area contributed by atoms with Crippen molar-refractivity contribution in [2.45, 2.75) is 38.0 Å². The molecule has 2 fully saturated rings. The summed E-state index contributed by atoms with van der Waals surface area (Å²) in [5.41, 5.74) is 6.37. The molecular weight excluding hydrogens is 378 g/mol. The van der Waals surface area contributed by atoms with Gasteiger partial charge in [-0.15, -0.1) is 12.4 Å². The number of nitrogen functional groups attached to an aromatic ring is 1. The van der Waals surface area contributed by atoms with Gasteiger partial charge in [-0.1, -0.05) is 18.2 Å². The van der Waals surface area contributed by atoms with E-state index < -0.39 is 6.10 Å². The third kappa shape index (κ3) is 4.32. The molecule has 0 saturated carbocycles. The Balaban J connectivity index is 0.00000225. The molecule has 1 unspecified atom stereocenters. The highest BCUT2D eigenvalue weighted by molar-refractivity contribution is 5.97. The Kier molecular flexibility index (Phi) is 6.27. The molecule has 2 aliphatic rings. The Labute approximate surface area is 171 Å². The van der Waals surface area contributed by atoms with Crippen LogP contribution in [0.1, 0.15) is 19.8 Å². The second kappa shape index (κ2) is 8.51. The summed E-state index contributed by atoms with van der Waals surface area (Å²) in [7, 11) is 0. The summed E-state index contributed by atoms with van der Waals surface area (Å²) in [4.78, 5) is 17.0. The Morgan fingerprint density at radius 3 is 2.54 bits per heavy atom. The number of hydrogen-bond donors (Lipinski definition) is 1. The SMILES string of the molecule is CC1OC2(CCN(CCn3ccc(N)n3)CC2)CN(c2ccccc2)C1=O.Cl. The van der Waals surface area contributed by atoms with Crippen LogP contribution in [0.5, 0.6) is 0 Å². The maximum absolute atomic E-state index is 12.6. The van der Waals surface area contributed by atoms with Crippen LogP contribution in [0.15, 0.2) is 42.6 Å². The molecule has 2 aliphatic heterocycles. The average molecular weight is 406 g/mol. The van der Waals surface area contributed by atoms with Gasteiger partial charge in [0.25, 0.3) is 5.91 Å².